The van der Waals surface area contributed by atoms with E-state index in [1.54, 1.807) is 27.7 Å². The van der Waals surface area contributed by atoms with Crippen LogP contribution in [0, 0.1) is 11.3 Å². The van der Waals surface area contributed by atoms with Crippen molar-refractivity contribution in [2.75, 3.05) is 6.54 Å². The second-order valence-electron chi connectivity index (χ2n) is 4.38. The van der Waals surface area contributed by atoms with Crippen LogP contribution in [0.5, 0.6) is 0 Å². The van der Waals surface area contributed by atoms with Crippen molar-refractivity contribution in [2.24, 2.45) is 11.3 Å². The first-order chi connectivity index (χ1) is 6.27. The van der Waals surface area contributed by atoms with E-state index in [4.69, 9.17) is 5.11 Å². The zero-order valence-electron chi connectivity index (χ0n) is 9.26. The van der Waals surface area contributed by atoms with Crippen LogP contribution in [0.2, 0.25) is 0 Å². The summed E-state index contributed by atoms with van der Waals surface area (Å²) in [6.45, 7) is 7.32. The van der Waals surface area contributed by atoms with Gasteiger partial charge in [0.1, 0.15) is 0 Å². The molecule has 0 saturated heterocycles. The molecule has 0 aliphatic rings. The van der Waals surface area contributed by atoms with Crippen LogP contribution in [-0.4, -0.2) is 23.5 Å². The molecule has 4 nitrogen and oxygen atoms in total. The predicted octanol–water partition coefficient (Wildman–Crippen LogP) is 1.26. The highest BCUT2D eigenvalue weighted by Gasteiger charge is 2.26. The van der Waals surface area contributed by atoms with Gasteiger partial charge in [0.2, 0.25) is 5.91 Å². The number of carboxylic acid groups (broad SMARTS) is 1. The third-order valence-corrected chi connectivity index (χ3v) is 2.15. The minimum absolute atomic E-state index is 0.0359. The molecule has 0 aromatic heterocycles. The van der Waals surface area contributed by atoms with Gasteiger partial charge in [0.05, 0.1) is 5.41 Å². The standard InChI is InChI=1S/C10H19NO3/c1-7(2)8(12)11-6-5-10(3,4)9(13)14/h7H,5-6H2,1-4H3,(H,11,12)(H,13,14). The largest absolute Gasteiger partial charge is 0.481 e. The first-order valence-electron chi connectivity index (χ1n) is 4.78. The molecule has 2 N–H and O–H groups in total. The van der Waals surface area contributed by atoms with E-state index in [1.165, 1.54) is 0 Å². The van der Waals surface area contributed by atoms with Gasteiger partial charge in [-0.2, -0.15) is 0 Å². The number of hydrogen-bond acceptors (Lipinski definition) is 2. The van der Waals surface area contributed by atoms with Crippen molar-refractivity contribution < 1.29 is 14.7 Å². The summed E-state index contributed by atoms with van der Waals surface area (Å²) in [6, 6.07) is 0. The highest BCUT2D eigenvalue weighted by atomic mass is 16.4. The van der Waals surface area contributed by atoms with Crippen molar-refractivity contribution in [3.63, 3.8) is 0 Å². The van der Waals surface area contributed by atoms with Crippen LogP contribution in [0.25, 0.3) is 0 Å². The lowest BCUT2D eigenvalue weighted by Gasteiger charge is -2.19. The number of nitrogens with one attached hydrogen (secondary N) is 1. The molecule has 0 spiro atoms. The lowest BCUT2D eigenvalue weighted by Crippen LogP contribution is -2.33. The quantitative estimate of drug-likeness (QED) is 0.703. The Morgan fingerprint density at radius 2 is 1.86 bits per heavy atom. The van der Waals surface area contributed by atoms with Gasteiger partial charge in [-0.3, -0.25) is 9.59 Å². The zero-order chi connectivity index (χ0) is 11.4. The Hall–Kier alpha value is -1.06. The Morgan fingerprint density at radius 1 is 1.36 bits per heavy atom. The van der Waals surface area contributed by atoms with E-state index >= 15 is 0 Å². The van der Waals surface area contributed by atoms with Gasteiger partial charge in [-0.25, -0.2) is 0 Å². The molecule has 0 heterocycles. The van der Waals surface area contributed by atoms with Gasteiger partial charge in [0, 0.05) is 12.5 Å². The number of amides is 1. The second-order valence-corrected chi connectivity index (χ2v) is 4.38. The summed E-state index contributed by atoms with van der Waals surface area (Å²) >= 11 is 0. The van der Waals surface area contributed by atoms with Crippen molar-refractivity contribution in [1.82, 2.24) is 5.32 Å². The van der Waals surface area contributed by atoms with E-state index in [0.29, 0.717) is 13.0 Å². The molecule has 82 valence electrons. The smallest absolute Gasteiger partial charge is 0.309 e. The summed E-state index contributed by atoms with van der Waals surface area (Å²) in [6.07, 6.45) is 0.445. The molecule has 0 fully saturated rings. The molecule has 0 radical (unpaired) electrons. The van der Waals surface area contributed by atoms with Crippen LogP contribution in [-0.2, 0) is 9.59 Å². The number of carbonyl (C=O) groups is 2. The second kappa shape index (κ2) is 4.98. The van der Waals surface area contributed by atoms with Crippen LogP contribution in [0.3, 0.4) is 0 Å². The van der Waals surface area contributed by atoms with Gasteiger partial charge in [-0.1, -0.05) is 13.8 Å². The number of rotatable bonds is 5. The van der Waals surface area contributed by atoms with Gasteiger partial charge in [0.25, 0.3) is 0 Å². The van der Waals surface area contributed by atoms with E-state index in [0.717, 1.165) is 0 Å². The molecular formula is C10H19NO3. The molecule has 0 bridgehead atoms. The van der Waals surface area contributed by atoms with Crippen molar-refractivity contribution in [3.8, 4) is 0 Å². The molecule has 0 unspecified atom stereocenters. The normalized spacial score (nSPS) is 11.5. The fourth-order valence-corrected chi connectivity index (χ4v) is 0.809. The molecule has 4 heteroatoms. The molecule has 14 heavy (non-hydrogen) atoms. The predicted molar refractivity (Wildman–Crippen MR) is 53.9 cm³/mol. The first kappa shape index (κ1) is 12.9. The van der Waals surface area contributed by atoms with E-state index in [1.807, 2.05) is 0 Å². The molecule has 0 aromatic carbocycles. The third-order valence-electron chi connectivity index (χ3n) is 2.15. The van der Waals surface area contributed by atoms with Crippen LogP contribution in [0.15, 0.2) is 0 Å². The third kappa shape index (κ3) is 4.25. The fourth-order valence-electron chi connectivity index (χ4n) is 0.809. The minimum atomic E-state index is -0.837. The molecule has 0 saturated carbocycles. The van der Waals surface area contributed by atoms with Crippen molar-refractivity contribution in [3.05, 3.63) is 0 Å². The Bertz CT molecular complexity index is 221. The number of aliphatic carboxylic acids is 1. The summed E-state index contributed by atoms with van der Waals surface area (Å²) in [5.74, 6) is -0.926. The molecule has 0 rings (SSSR count). The summed E-state index contributed by atoms with van der Waals surface area (Å²) < 4.78 is 0. The summed E-state index contributed by atoms with van der Waals surface area (Å²) in [4.78, 5) is 21.9. The van der Waals surface area contributed by atoms with Gasteiger partial charge >= 0.3 is 5.97 Å². The van der Waals surface area contributed by atoms with Gasteiger partial charge in [-0.15, -0.1) is 0 Å². The minimum Gasteiger partial charge on any atom is -0.481 e. The maximum Gasteiger partial charge on any atom is 0.309 e. The van der Waals surface area contributed by atoms with Gasteiger partial charge < -0.3 is 10.4 Å². The number of carboxylic acids is 1. The number of carbonyl (C=O) groups excluding carboxylic acids is 1. The van der Waals surface area contributed by atoms with Crippen molar-refractivity contribution in [1.29, 1.82) is 0 Å². The maximum atomic E-state index is 11.1. The van der Waals surface area contributed by atoms with Gasteiger partial charge in [-0.05, 0) is 20.3 Å². The molecule has 0 aliphatic carbocycles. The summed E-state index contributed by atoms with van der Waals surface area (Å²) in [5.41, 5.74) is -0.774. The molecule has 0 atom stereocenters. The average molecular weight is 201 g/mol. The topological polar surface area (TPSA) is 66.4 Å². The Labute approximate surface area is 84.7 Å². The Kier molecular flexibility index (Phi) is 4.60. The molecule has 0 aromatic rings. The number of hydrogen-bond donors (Lipinski definition) is 2. The van der Waals surface area contributed by atoms with Crippen molar-refractivity contribution in [2.45, 2.75) is 34.1 Å². The van der Waals surface area contributed by atoms with Gasteiger partial charge in [0.15, 0.2) is 0 Å². The summed E-state index contributed by atoms with van der Waals surface area (Å²) in [5, 5.41) is 11.5. The first-order valence-corrected chi connectivity index (χ1v) is 4.78. The lowest BCUT2D eigenvalue weighted by atomic mass is 9.89. The monoisotopic (exact) mass is 201 g/mol. The molecule has 0 aliphatic heterocycles. The average Bonchev–Trinajstić information content (AvgIpc) is 2.03. The van der Waals surface area contributed by atoms with E-state index in [9.17, 15) is 9.59 Å². The Balaban J connectivity index is 3.85. The summed E-state index contributed by atoms with van der Waals surface area (Å²) in [7, 11) is 0. The van der Waals surface area contributed by atoms with E-state index < -0.39 is 11.4 Å². The highest BCUT2D eigenvalue weighted by molar-refractivity contribution is 5.78. The maximum absolute atomic E-state index is 11.1. The van der Waals surface area contributed by atoms with Crippen molar-refractivity contribution >= 4 is 11.9 Å². The SMILES string of the molecule is CC(C)C(=O)NCCC(C)(C)C(=O)O. The molecular weight excluding hydrogens is 182 g/mol. The van der Waals surface area contributed by atoms with Crippen LogP contribution in [0.1, 0.15) is 34.1 Å². The zero-order valence-corrected chi connectivity index (χ0v) is 9.26. The highest BCUT2D eigenvalue weighted by Crippen LogP contribution is 2.19. The lowest BCUT2D eigenvalue weighted by molar-refractivity contribution is -0.147. The fraction of sp³-hybridized carbons (Fsp3) is 0.800. The van der Waals surface area contributed by atoms with E-state index in [2.05, 4.69) is 5.32 Å². The van der Waals surface area contributed by atoms with Crippen LogP contribution in [0.4, 0.5) is 0 Å². The molecule has 1 amide bonds. The Morgan fingerprint density at radius 3 is 2.21 bits per heavy atom. The van der Waals surface area contributed by atoms with Crippen LogP contribution >= 0.6 is 0 Å². The van der Waals surface area contributed by atoms with Crippen LogP contribution < -0.4 is 5.32 Å². The van der Waals surface area contributed by atoms with E-state index in [-0.39, 0.29) is 11.8 Å².